The third kappa shape index (κ3) is 3.00. The molecule has 5 rings (SSSR count). The van der Waals surface area contributed by atoms with Gasteiger partial charge in [-0.25, -0.2) is 14.2 Å². The smallest absolute Gasteiger partial charge is 0.262 e. The van der Waals surface area contributed by atoms with Crippen LogP contribution in [0, 0.1) is 5.92 Å². The largest absolute Gasteiger partial charge is 0.307 e. The molecule has 2 atom stereocenters. The van der Waals surface area contributed by atoms with E-state index in [-0.39, 0.29) is 11.9 Å². The van der Waals surface area contributed by atoms with E-state index in [1.165, 1.54) is 18.4 Å². The normalized spacial score (nSPS) is 22.3. The minimum Gasteiger partial charge on any atom is -0.307 e. The first-order valence-corrected chi connectivity index (χ1v) is 9.96. The zero-order chi connectivity index (χ0) is 19.3. The molecule has 3 heterocycles. The second kappa shape index (κ2) is 6.58. The van der Waals surface area contributed by atoms with Gasteiger partial charge in [0.15, 0.2) is 5.65 Å². The van der Waals surface area contributed by atoms with E-state index < -0.39 is 0 Å². The Hall–Kier alpha value is -2.96. The van der Waals surface area contributed by atoms with E-state index in [9.17, 15) is 4.79 Å². The van der Waals surface area contributed by atoms with Crippen molar-refractivity contribution in [1.29, 1.82) is 0 Å². The van der Waals surface area contributed by atoms with Gasteiger partial charge in [0.05, 0.1) is 17.9 Å². The highest BCUT2D eigenvalue weighted by Crippen LogP contribution is 2.42. The van der Waals surface area contributed by atoms with Gasteiger partial charge in [-0.05, 0) is 44.6 Å². The predicted molar refractivity (Wildman–Crippen MR) is 106 cm³/mol. The fraction of sp³-hybridized carbons (Fsp3) is 0.429. The highest BCUT2D eigenvalue weighted by molar-refractivity contribution is 6.07. The Kier molecular flexibility index (Phi) is 4.03. The Morgan fingerprint density at radius 3 is 2.96 bits per heavy atom. The Morgan fingerprint density at radius 2 is 2.18 bits per heavy atom. The molecule has 2 aliphatic carbocycles. The van der Waals surface area contributed by atoms with Crippen LogP contribution in [0.25, 0.3) is 5.65 Å². The molecule has 0 aromatic carbocycles. The van der Waals surface area contributed by atoms with Gasteiger partial charge in [0.25, 0.3) is 5.91 Å². The summed E-state index contributed by atoms with van der Waals surface area (Å²) in [5.74, 6) is 1.63. The maximum absolute atomic E-state index is 13.0. The van der Waals surface area contributed by atoms with Gasteiger partial charge in [-0.2, -0.15) is 10.2 Å². The van der Waals surface area contributed by atoms with Crippen molar-refractivity contribution in [2.75, 3.05) is 5.32 Å². The molecule has 1 N–H and O–H groups in total. The van der Waals surface area contributed by atoms with Crippen LogP contribution in [0.3, 0.4) is 0 Å². The predicted octanol–water partition coefficient (Wildman–Crippen LogP) is 3.97. The van der Waals surface area contributed by atoms with Crippen LogP contribution in [0.2, 0.25) is 0 Å². The number of amides is 1. The second-order valence-corrected chi connectivity index (χ2v) is 8.05. The molecule has 0 bridgehead atoms. The van der Waals surface area contributed by atoms with Crippen molar-refractivity contribution in [3.63, 3.8) is 0 Å². The zero-order valence-electron chi connectivity index (χ0n) is 16.2. The van der Waals surface area contributed by atoms with E-state index in [0.717, 1.165) is 24.4 Å². The molecule has 0 saturated heterocycles. The van der Waals surface area contributed by atoms with Crippen LogP contribution < -0.4 is 5.32 Å². The summed E-state index contributed by atoms with van der Waals surface area (Å²) in [4.78, 5) is 17.3. The Morgan fingerprint density at radius 1 is 1.32 bits per heavy atom. The molecule has 0 radical (unpaired) electrons. The highest BCUT2D eigenvalue weighted by Gasteiger charge is 2.30. The van der Waals surface area contributed by atoms with Crippen molar-refractivity contribution < 1.29 is 4.79 Å². The molecule has 2 aliphatic rings. The first kappa shape index (κ1) is 17.2. The Bertz CT molecular complexity index is 1070. The van der Waals surface area contributed by atoms with Crippen LogP contribution in [-0.2, 0) is 0 Å². The summed E-state index contributed by atoms with van der Waals surface area (Å²) in [7, 11) is 0. The minimum atomic E-state index is -0.201. The number of rotatable bonds is 4. The number of hydrogen-bond acceptors (Lipinski definition) is 4. The summed E-state index contributed by atoms with van der Waals surface area (Å²) in [6.45, 7) is 4.45. The molecule has 3 aromatic heterocycles. The van der Waals surface area contributed by atoms with Crippen LogP contribution in [-0.4, -0.2) is 30.3 Å². The molecule has 1 saturated carbocycles. The monoisotopic (exact) mass is 376 g/mol. The molecule has 2 unspecified atom stereocenters. The highest BCUT2D eigenvalue weighted by atomic mass is 16.1. The van der Waals surface area contributed by atoms with Crippen LogP contribution >= 0.6 is 0 Å². The number of carbonyl (C=O) groups excluding carboxylic acids is 1. The summed E-state index contributed by atoms with van der Waals surface area (Å²) in [5, 5.41) is 12.2. The van der Waals surface area contributed by atoms with Gasteiger partial charge in [0.1, 0.15) is 11.4 Å². The van der Waals surface area contributed by atoms with Crippen LogP contribution in [0.15, 0.2) is 42.4 Å². The third-order valence-electron chi connectivity index (χ3n) is 5.98. The van der Waals surface area contributed by atoms with Gasteiger partial charge in [0, 0.05) is 24.4 Å². The maximum Gasteiger partial charge on any atom is 0.262 e. The van der Waals surface area contributed by atoms with Gasteiger partial charge in [-0.15, -0.1) is 0 Å². The fourth-order valence-corrected chi connectivity index (χ4v) is 3.95. The number of carbonyl (C=O) groups is 1. The number of anilines is 1. The van der Waals surface area contributed by atoms with Gasteiger partial charge >= 0.3 is 0 Å². The standard InChI is InChI=1S/C21H24N6O/c1-13-4-7-16(10-14(13)2)27-19(11-18(25-27)15-5-6-15)24-21(28)17-12-23-26-9-3-8-22-20(17)26/h3-4,8-9,11-12,14-16H,5-7,10H2,1-2H3,(H,24,28). The SMILES string of the molecule is CC1=CCC(n2nc(C3CC3)cc2NC(=O)c2cnn3cccnc23)CC1C. The fourth-order valence-electron chi connectivity index (χ4n) is 3.95. The van der Waals surface area contributed by atoms with Gasteiger partial charge in [0.2, 0.25) is 0 Å². The lowest BCUT2D eigenvalue weighted by Gasteiger charge is -2.27. The number of nitrogens with one attached hydrogen (secondary N) is 1. The van der Waals surface area contributed by atoms with E-state index in [1.54, 1.807) is 29.2 Å². The van der Waals surface area contributed by atoms with E-state index in [0.29, 0.717) is 23.0 Å². The third-order valence-corrected chi connectivity index (χ3v) is 5.98. The van der Waals surface area contributed by atoms with Crippen molar-refractivity contribution in [2.45, 2.75) is 51.5 Å². The molecule has 144 valence electrons. The molecular weight excluding hydrogens is 352 g/mol. The lowest BCUT2D eigenvalue weighted by molar-refractivity contribution is 0.102. The van der Waals surface area contributed by atoms with Crippen molar-refractivity contribution >= 4 is 17.4 Å². The summed E-state index contributed by atoms with van der Waals surface area (Å²) >= 11 is 0. The summed E-state index contributed by atoms with van der Waals surface area (Å²) < 4.78 is 3.64. The molecule has 0 aliphatic heterocycles. The van der Waals surface area contributed by atoms with Crippen molar-refractivity contribution in [3.8, 4) is 0 Å². The second-order valence-electron chi connectivity index (χ2n) is 8.05. The van der Waals surface area contributed by atoms with Crippen molar-refractivity contribution in [3.05, 3.63) is 53.6 Å². The average molecular weight is 376 g/mol. The van der Waals surface area contributed by atoms with Crippen LogP contribution in [0.4, 0.5) is 5.82 Å². The van der Waals surface area contributed by atoms with Gasteiger partial charge < -0.3 is 5.32 Å². The summed E-state index contributed by atoms with van der Waals surface area (Å²) in [5.41, 5.74) is 3.55. The van der Waals surface area contributed by atoms with E-state index in [4.69, 9.17) is 5.10 Å². The molecule has 3 aromatic rings. The van der Waals surface area contributed by atoms with E-state index in [2.05, 4.69) is 35.3 Å². The molecular formula is C21H24N6O. The number of nitrogens with zero attached hydrogens (tertiary/aromatic N) is 5. The van der Waals surface area contributed by atoms with Crippen molar-refractivity contribution in [1.82, 2.24) is 24.4 Å². The first-order chi connectivity index (χ1) is 13.6. The average Bonchev–Trinajstić information content (AvgIpc) is 3.32. The van der Waals surface area contributed by atoms with E-state index in [1.807, 2.05) is 10.7 Å². The van der Waals surface area contributed by atoms with Gasteiger partial charge in [-0.1, -0.05) is 18.6 Å². The van der Waals surface area contributed by atoms with Crippen LogP contribution in [0.5, 0.6) is 0 Å². The summed E-state index contributed by atoms with van der Waals surface area (Å²) in [6, 6.07) is 4.10. The Labute approximate surface area is 163 Å². The lowest BCUT2D eigenvalue weighted by atomic mass is 9.87. The lowest BCUT2D eigenvalue weighted by Crippen LogP contribution is -2.22. The molecule has 7 heteroatoms. The van der Waals surface area contributed by atoms with E-state index >= 15 is 0 Å². The number of fused-ring (bicyclic) bond motifs is 1. The first-order valence-electron chi connectivity index (χ1n) is 9.96. The van der Waals surface area contributed by atoms with Crippen LogP contribution in [0.1, 0.15) is 67.5 Å². The quantitative estimate of drug-likeness (QED) is 0.699. The van der Waals surface area contributed by atoms with Crippen molar-refractivity contribution in [2.24, 2.45) is 5.92 Å². The number of aromatic nitrogens is 5. The topological polar surface area (TPSA) is 77.1 Å². The molecule has 28 heavy (non-hydrogen) atoms. The molecule has 1 fully saturated rings. The molecule has 0 spiro atoms. The number of hydrogen-bond donors (Lipinski definition) is 1. The Balaban J connectivity index is 1.46. The minimum absolute atomic E-state index is 0.201. The molecule has 1 amide bonds. The van der Waals surface area contributed by atoms with Gasteiger partial charge in [-0.3, -0.25) is 4.79 Å². The summed E-state index contributed by atoms with van der Waals surface area (Å²) in [6.07, 6.45) is 11.7. The number of allylic oxidation sites excluding steroid dienone is 2. The zero-order valence-corrected chi connectivity index (χ0v) is 16.2. The maximum atomic E-state index is 13.0. The molecule has 7 nitrogen and oxygen atoms in total.